The predicted molar refractivity (Wildman–Crippen MR) is 105 cm³/mol. The SMILES string of the molecule is COc1ccc(S(=O)(=O)N/N=C\c2cc(Cl)ccc2OC(C)C)c(OC)c1. The number of ether oxygens (including phenoxy) is 3. The van der Waals surface area contributed by atoms with Gasteiger partial charge in [0.2, 0.25) is 0 Å². The van der Waals surface area contributed by atoms with Crippen LogP contribution in [0, 0.1) is 0 Å². The Morgan fingerprint density at radius 2 is 1.81 bits per heavy atom. The van der Waals surface area contributed by atoms with E-state index in [1.165, 1.54) is 38.6 Å². The molecule has 27 heavy (non-hydrogen) atoms. The summed E-state index contributed by atoms with van der Waals surface area (Å²) < 4.78 is 40.9. The molecule has 0 spiro atoms. The minimum absolute atomic E-state index is 0.0569. The van der Waals surface area contributed by atoms with E-state index in [1.54, 1.807) is 18.2 Å². The van der Waals surface area contributed by atoms with Gasteiger partial charge in [-0.05, 0) is 44.2 Å². The Kier molecular flexibility index (Phi) is 6.92. The van der Waals surface area contributed by atoms with E-state index in [4.69, 9.17) is 25.8 Å². The molecule has 0 aliphatic heterocycles. The van der Waals surface area contributed by atoms with E-state index in [0.717, 1.165) is 0 Å². The topological polar surface area (TPSA) is 86.2 Å². The summed E-state index contributed by atoms with van der Waals surface area (Å²) in [5.74, 6) is 1.16. The number of methoxy groups -OCH3 is 2. The molecule has 1 N–H and O–H groups in total. The molecule has 2 aromatic rings. The maximum atomic E-state index is 12.5. The summed E-state index contributed by atoms with van der Waals surface area (Å²) in [4.78, 5) is 2.10. The van der Waals surface area contributed by atoms with Crippen LogP contribution in [0.5, 0.6) is 17.2 Å². The van der Waals surface area contributed by atoms with Crippen LogP contribution >= 0.6 is 11.6 Å². The van der Waals surface area contributed by atoms with Crippen LogP contribution < -0.4 is 19.0 Å². The summed E-state index contributed by atoms with van der Waals surface area (Å²) in [5, 5.41) is 4.31. The van der Waals surface area contributed by atoms with Gasteiger partial charge in [-0.1, -0.05) is 11.6 Å². The van der Waals surface area contributed by atoms with Crippen LogP contribution in [-0.4, -0.2) is 35.0 Å². The van der Waals surface area contributed by atoms with Crippen LogP contribution in [0.4, 0.5) is 0 Å². The van der Waals surface area contributed by atoms with Crippen molar-refractivity contribution in [1.29, 1.82) is 0 Å². The maximum Gasteiger partial charge on any atom is 0.280 e. The zero-order valence-corrected chi connectivity index (χ0v) is 17.0. The van der Waals surface area contributed by atoms with Crippen LogP contribution in [0.15, 0.2) is 46.4 Å². The van der Waals surface area contributed by atoms with Crippen molar-refractivity contribution in [2.75, 3.05) is 14.2 Å². The molecule has 2 rings (SSSR count). The van der Waals surface area contributed by atoms with Gasteiger partial charge in [-0.2, -0.15) is 18.4 Å². The summed E-state index contributed by atoms with van der Waals surface area (Å²) in [7, 11) is -1.09. The highest BCUT2D eigenvalue weighted by molar-refractivity contribution is 7.89. The van der Waals surface area contributed by atoms with Gasteiger partial charge in [0, 0.05) is 16.7 Å². The van der Waals surface area contributed by atoms with Gasteiger partial charge < -0.3 is 14.2 Å². The number of nitrogens with zero attached hydrogens (tertiary/aromatic N) is 1. The number of halogens is 1. The standard InChI is InChI=1S/C18H21ClN2O5S/c1-12(2)26-16-7-5-14(19)9-13(16)11-20-21-27(22,23)18-8-6-15(24-3)10-17(18)25-4/h5-12,21H,1-4H3/b20-11-. The van der Waals surface area contributed by atoms with Crippen molar-refractivity contribution in [2.24, 2.45) is 5.10 Å². The monoisotopic (exact) mass is 412 g/mol. The molecule has 0 bridgehead atoms. The second kappa shape index (κ2) is 8.96. The molecular weight excluding hydrogens is 392 g/mol. The normalized spacial score (nSPS) is 11.6. The van der Waals surface area contributed by atoms with E-state index >= 15 is 0 Å². The molecule has 0 aromatic heterocycles. The molecule has 0 amide bonds. The molecule has 0 unspecified atom stereocenters. The first-order valence-corrected chi connectivity index (χ1v) is 9.86. The summed E-state index contributed by atoms with van der Waals surface area (Å²) in [5.41, 5.74) is 0.542. The van der Waals surface area contributed by atoms with Gasteiger partial charge in [0.1, 0.15) is 22.1 Å². The molecular formula is C18H21ClN2O5S. The van der Waals surface area contributed by atoms with Crippen LogP contribution in [0.2, 0.25) is 5.02 Å². The smallest absolute Gasteiger partial charge is 0.280 e. The number of rotatable bonds is 8. The van der Waals surface area contributed by atoms with E-state index < -0.39 is 10.0 Å². The Bertz CT molecular complexity index is 929. The lowest BCUT2D eigenvalue weighted by molar-refractivity contribution is 0.242. The van der Waals surface area contributed by atoms with Crippen LogP contribution in [0.1, 0.15) is 19.4 Å². The number of hydrogen-bond acceptors (Lipinski definition) is 6. The van der Waals surface area contributed by atoms with Gasteiger partial charge in [-0.25, -0.2) is 0 Å². The van der Waals surface area contributed by atoms with Crippen molar-refractivity contribution in [2.45, 2.75) is 24.8 Å². The lowest BCUT2D eigenvalue weighted by Crippen LogP contribution is -2.19. The van der Waals surface area contributed by atoms with Crippen molar-refractivity contribution in [3.05, 3.63) is 47.0 Å². The number of nitrogens with one attached hydrogen (secondary N) is 1. The molecule has 2 aromatic carbocycles. The first-order chi connectivity index (χ1) is 12.8. The maximum absolute atomic E-state index is 12.5. The van der Waals surface area contributed by atoms with Gasteiger partial charge in [-0.15, -0.1) is 0 Å². The van der Waals surface area contributed by atoms with E-state index in [-0.39, 0.29) is 16.7 Å². The minimum Gasteiger partial charge on any atom is -0.497 e. The second-order valence-corrected chi connectivity index (χ2v) is 7.78. The highest BCUT2D eigenvalue weighted by Crippen LogP contribution is 2.28. The Morgan fingerprint density at radius 3 is 2.44 bits per heavy atom. The molecule has 9 heteroatoms. The van der Waals surface area contributed by atoms with Crippen LogP contribution in [-0.2, 0) is 10.0 Å². The lowest BCUT2D eigenvalue weighted by atomic mass is 10.2. The fourth-order valence-electron chi connectivity index (χ4n) is 2.19. The molecule has 0 radical (unpaired) electrons. The van der Waals surface area contributed by atoms with Gasteiger partial charge in [0.05, 0.1) is 26.5 Å². The minimum atomic E-state index is -3.95. The zero-order chi connectivity index (χ0) is 20.0. The second-order valence-electron chi connectivity index (χ2n) is 5.72. The van der Waals surface area contributed by atoms with Gasteiger partial charge in [-0.3, -0.25) is 0 Å². The number of hydrazone groups is 1. The summed E-state index contributed by atoms with van der Waals surface area (Å²) in [6, 6.07) is 9.39. The molecule has 0 atom stereocenters. The van der Waals surface area contributed by atoms with Crippen molar-refractivity contribution in [1.82, 2.24) is 4.83 Å². The van der Waals surface area contributed by atoms with Gasteiger partial charge in [0.15, 0.2) is 0 Å². The fraction of sp³-hybridized carbons (Fsp3) is 0.278. The largest absolute Gasteiger partial charge is 0.497 e. The van der Waals surface area contributed by atoms with E-state index in [2.05, 4.69) is 9.93 Å². The Hall–Kier alpha value is -2.45. The van der Waals surface area contributed by atoms with E-state index in [9.17, 15) is 8.42 Å². The Labute approximate surface area is 163 Å². The Balaban J connectivity index is 2.27. The van der Waals surface area contributed by atoms with Crippen molar-refractivity contribution in [3.8, 4) is 17.2 Å². The third-order valence-electron chi connectivity index (χ3n) is 3.37. The van der Waals surface area contributed by atoms with Crippen molar-refractivity contribution in [3.63, 3.8) is 0 Å². The molecule has 0 heterocycles. The summed E-state index contributed by atoms with van der Waals surface area (Å²) >= 11 is 6.00. The highest BCUT2D eigenvalue weighted by atomic mass is 35.5. The Morgan fingerprint density at radius 1 is 1.07 bits per heavy atom. The average molecular weight is 413 g/mol. The van der Waals surface area contributed by atoms with Crippen LogP contribution in [0.25, 0.3) is 0 Å². The van der Waals surface area contributed by atoms with Crippen molar-refractivity contribution < 1.29 is 22.6 Å². The quantitative estimate of drug-likeness (QED) is 0.530. The average Bonchev–Trinajstić information content (AvgIpc) is 2.62. The molecule has 0 aliphatic carbocycles. The molecule has 0 fully saturated rings. The third-order valence-corrected chi connectivity index (χ3v) is 4.87. The molecule has 0 saturated heterocycles. The summed E-state index contributed by atoms with van der Waals surface area (Å²) in [6.07, 6.45) is 1.27. The van der Waals surface area contributed by atoms with Gasteiger partial charge in [0.25, 0.3) is 10.0 Å². The first kappa shape index (κ1) is 20.9. The number of hydrogen-bond donors (Lipinski definition) is 1. The zero-order valence-electron chi connectivity index (χ0n) is 15.4. The molecule has 0 saturated carbocycles. The highest BCUT2D eigenvalue weighted by Gasteiger charge is 2.19. The van der Waals surface area contributed by atoms with E-state index in [0.29, 0.717) is 22.1 Å². The molecule has 0 aliphatic rings. The van der Waals surface area contributed by atoms with Crippen molar-refractivity contribution >= 4 is 27.8 Å². The summed E-state index contributed by atoms with van der Waals surface area (Å²) in [6.45, 7) is 3.77. The van der Waals surface area contributed by atoms with Gasteiger partial charge >= 0.3 is 0 Å². The van der Waals surface area contributed by atoms with E-state index in [1.807, 2.05) is 13.8 Å². The lowest BCUT2D eigenvalue weighted by Gasteiger charge is -2.12. The molecule has 7 nitrogen and oxygen atoms in total. The number of sulfonamides is 1. The third kappa shape index (κ3) is 5.51. The predicted octanol–water partition coefficient (Wildman–Crippen LogP) is 3.46. The molecule has 146 valence electrons. The first-order valence-electron chi connectivity index (χ1n) is 8.00. The number of benzene rings is 2. The fourth-order valence-corrected chi connectivity index (χ4v) is 3.32. The van der Waals surface area contributed by atoms with Crippen LogP contribution in [0.3, 0.4) is 0 Å².